The van der Waals surface area contributed by atoms with E-state index in [9.17, 15) is 24.0 Å². The van der Waals surface area contributed by atoms with Gasteiger partial charge in [-0.2, -0.15) is 0 Å². The van der Waals surface area contributed by atoms with Crippen LogP contribution in [0.4, 0.5) is 0 Å². The molecule has 0 aromatic carbocycles. The van der Waals surface area contributed by atoms with E-state index in [1.54, 1.807) is 0 Å². The summed E-state index contributed by atoms with van der Waals surface area (Å²) in [5.74, 6) is -11.8. The number of aliphatic carboxylic acids is 4. The van der Waals surface area contributed by atoms with Gasteiger partial charge in [0.05, 0.1) is 6.42 Å². The van der Waals surface area contributed by atoms with E-state index in [0.29, 0.717) is 0 Å². The van der Waals surface area contributed by atoms with Crippen molar-refractivity contribution in [1.82, 2.24) is 0 Å². The van der Waals surface area contributed by atoms with Gasteiger partial charge in [-0.3, -0.25) is 9.59 Å². The van der Waals surface area contributed by atoms with Crippen LogP contribution in [0.15, 0.2) is 0 Å². The molecule has 0 bridgehead atoms. The maximum absolute atomic E-state index is 11.3. The number of aliphatic hydroxyl groups excluding tert-OH is 2. The molecule has 6 N–H and O–H groups in total. The Balaban J connectivity index is 5.22. The molecule has 0 aromatic rings. The van der Waals surface area contributed by atoms with Gasteiger partial charge in [0.2, 0.25) is 6.10 Å². The Morgan fingerprint density at radius 1 is 0.773 bits per heavy atom. The zero-order valence-electron chi connectivity index (χ0n) is 10.6. The monoisotopic (exact) mass is 324 g/mol. The standard InChI is InChI=1S/C10H12O12/c11-3(12)1-2(7(15)16)6(9(19)20)22-10(21)5(14)4(13)8(17)18/h2,4-6,13-14H,1H2,(H,11,12)(H,15,16)(H,17,18)(H,19,20). The average Bonchev–Trinajstić information content (AvgIpc) is 2.39. The first-order chi connectivity index (χ1) is 9.98. The van der Waals surface area contributed by atoms with Crippen LogP contribution in [0, 0.1) is 5.92 Å². The molecular weight excluding hydrogens is 312 g/mol. The van der Waals surface area contributed by atoms with Gasteiger partial charge in [0, 0.05) is 0 Å². The van der Waals surface area contributed by atoms with Crippen molar-refractivity contribution < 1.29 is 59.3 Å². The van der Waals surface area contributed by atoms with Gasteiger partial charge in [0.1, 0.15) is 5.92 Å². The van der Waals surface area contributed by atoms with Gasteiger partial charge in [-0.05, 0) is 0 Å². The summed E-state index contributed by atoms with van der Waals surface area (Å²) in [6.45, 7) is 0. The molecule has 0 radical (unpaired) electrons. The number of carbonyl (C=O) groups excluding carboxylic acids is 1. The number of carboxylic acids is 4. The highest BCUT2D eigenvalue weighted by Gasteiger charge is 2.41. The van der Waals surface area contributed by atoms with E-state index in [4.69, 9.17) is 30.6 Å². The number of carbonyl (C=O) groups is 5. The molecule has 0 aromatic heterocycles. The van der Waals surface area contributed by atoms with Gasteiger partial charge >= 0.3 is 29.8 Å². The van der Waals surface area contributed by atoms with E-state index >= 15 is 0 Å². The molecule has 0 rings (SSSR count). The van der Waals surface area contributed by atoms with Gasteiger partial charge in [0.25, 0.3) is 0 Å². The molecule has 4 unspecified atom stereocenters. The summed E-state index contributed by atoms with van der Waals surface area (Å²) in [6.07, 6.45) is -9.03. The van der Waals surface area contributed by atoms with E-state index < -0.39 is 60.5 Å². The van der Waals surface area contributed by atoms with Gasteiger partial charge in [0.15, 0.2) is 12.2 Å². The minimum atomic E-state index is -2.68. The molecule has 0 aliphatic rings. The Kier molecular flexibility index (Phi) is 6.92. The molecule has 0 aliphatic carbocycles. The van der Waals surface area contributed by atoms with Crippen LogP contribution in [0.2, 0.25) is 0 Å². The molecule has 4 atom stereocenters. The van der Waals surface area contributed by atoms with Gasteiger partial charge in [-0.1, -0.05) is 0 Å². The van der Waals surface area contributed by atoms with Crippen LogP contribution in [0.5, 0.6) is 0 Å². The zero-order valence-corrected chi connectivity index (χ0v) is 10.6. The minimum absolute atomic E-state index is 1.21. The van der Waals surface area contributed by atoms with Crippen molar-refractivity contribution in [1.29, 1.82) is 0 Å². The molecule has 0 aliphatic heterocycles. The highest BCUT2D eigenvalue weighted by molar-refractivity contribution is 5.89. The molecule has 0 heterocycles. The third-order valence-electron chi connectivity index (χ3n) is 2.36. The lowest BCUT2D eigenvalue weighted by molar-refractivity contribution is -0.185. The quantitative estimate of drug-likeness (QED) is 0.233. The Morgan fingerprint density at radius 3 is 1.59 bits per heavy atom. The maximum atomic E-state index is 11.3. The summed E-state index contributed by atoms with van der Waals surface area (Å²) >= 11 is 0. The van der Waals surface area contributed by atoms with Crippen LogP contribution in [0.1, 0.15) is 6.42 Å². The normalized spacial score (nSPS) is 15.9. The third-order valence-corrected chi connectivity index (χ3v) is 2.36. The Hall–Kier alpha value is -2.73. The maximum Gasteiger partial charge on any atom is 0.345 e. The fourth-order valence-corrected chi connectivity index (χ4v) is 1.28. The van der Waals surface area contributed by atoms with Crippen LogP contribution in [0.3, 0.4) is 0 Å². The van der Waals surface area contributed by atoms with Crippen molar-refractivity contribution in [3.63, 3.8) is 0 Å². The summed E-state index contributed by atoms with van der Waals surface area (Å²) in [5, 5.41) is 52.4. The Morgan fingerprint density at radius 2 is 1.27 bits per heavy atom. The number of rotatable bonds is 9. The molecule has 12 nitrogen and oxygen atoms in total. The topological polar surface area (TPSA) is 216 Å². The highest BCUT2D eigenvalue weighted by atomic mass is 16.6. The molecule has 22 heavy (non-hydrogen) atoms. The number of ether oxygens (including phenoxy) is 1. The molecule has 0 saturated heterocycles. The predicted molar refractivity (Wildman–Crippen MR) is 60.5 cm³/mol. The van der Waals surface area contributed by atoms with Crippen LogP contribution in [-0.4, -0.2) is 78.8 Å². The van der Waals surface area contributed by atoms with Crippen molar-refractivity contribution in [2.45, 2.75) is 24.7 Å². The summed E-state index contributed by atoms with van der Waals surface area (Å²) in [4.78, 5) is 53.9. The summed E-state index contributed by atoms with van der Waals surface area (Å²) in [7, 11) is 0. The first-order valence-corrected chi connectivity index (χ1v) is 5.45. The average molecular weight is 324 g/mol. The van der Waals surface area contributed by atoms with Crippen molar-refractivity contribution in [2.75, 3.05) is 0 Å². The van der Waals surface area contributed by atoms with Crippen molar-refractivity contribution in [3.8, 4) is 0 Å². The van der Waals surface area contributed by atoms with E-state index in [1.807, 2.05) is 0 Å². The third kappa shape index (κ3) is 5.34. The van der Waals surface area contributed by atoms with E-state index in [-0.39, 0.29) is 0 Å². The summed E-state index contributed by atoms with van der Waals surface area (Å²) in [5.41, 5.74) is 0. The second-order valence-electron chi connectivity index (χ2n) is 3.97. The number of carboxylic acid groups (broad SMARTS) is 4. The van der Waals surface area contributed by atoms with Gasteiger partial charge in [-0.25, -0.2) is 14.4 Å². The van der Waals surface area contributed by atoms with Crippen molar-refractivity contribution in [3.05, 3.63) is 0 Å². The number of aliphatic hydroxyl groups is 2. The minimum Gasteiger partial charge on any atom is -0.481 e. The lowest BCUT2D eigenvalue weighted by Crippen LogP contribution is -2.46. The Labute approximate surface area is 121 Å². The molecule has 12 heteroatoms. The van der Waals surface area contributed by atoms with Crippen LogP contribution >= 0.6 is 0 Å². The lowest BCUT2D eigenvalue weighted by atomic mass is 9.98. The SMILES string of the molecule is O=C(O)CC(C(=O)O)C(OC(=O)C(O)C(O)C(=O)O)C(=O)O. The van der Waals surface area contributed by atoms with Crippen molar-refractivity contribution >= 4 is 29.8 Å². The van der Waals surface area contributed by atoms with Crippen LogP contribution in [0.25, 0.3) is 0 Å². The molecule has 0 fully saturated rings. The second kappa shape index (κ2) is 7.90. The first-order valence-electron chi connectivity index (χ1n) is 5.45. The summed E-state index contributed by atoms with van der Waals surface area (Å²) in [6, 6.07) is 0. The smallest absolute Gasteiger partial charge is 0.345 e. The zero-order chi connectivity index (χ0) is 17.6. The second-order valence-corrected chi connectivity index (χ2v) is 3.97. The molecule has 124 valence electrons. The number of hydrogen-bond acceptors (Lipinski definition) is 8. The van der Waals surface area contributed by atoms with Gasteiger partial charge < -0.3 is 35.4 Å². The van der Waals surface area contributed by atoms with E-state index in [1.165, 1.54) is 0 Å². The first kappa shape index (κ1) is 19.3. The van der Waals surface area contributed by atoms with Crippen LogP contribution < -0.4 is 0 Å². The molecule has 0 spiro atoms. The lowest BCUT2D eigenvalue weighted by Gasteiger charge is -2.21. The molecule has 0 saturated carbocycles. The Bertz CT molecular complexity index is 482. The highest BCUT2D eigenvalue weighted by Crippen LogP contribution is 2.15. The van der Waals surface area contributed by atoms with E-state index in [0.717, 1.165) is 0 Å². The van der Waals surface area contributed by atoms with Gasteiger partial charge in [-0.15, -0.1) is 0 Å². The van der Waals surface area contributed by atoms with Crippen molar-refractivity contribution in [2.24, 2.45) is 5.92 Å². The fourth-order valence-electron chi connectivity index (χ4n) is 1.28. The molecular formula is C10H12O12. The largest absolute Gasteiger partial charge is 0.481 e. The number of hydrogen-bond donors (Lipinski definition) is 6. The molecule has 0 amide bonds. The van der Waals surface area contributed by atoms with E-state index in [2.05, 4.69) is 4.74 Å². The number of esters is 1. The van der Waals surface area contributed by atoms with Crippen LogP contribution in [-0.2, 0) is 28.7 Å². The predicted octanol–water partition coefficient (Wildman–Crippen LogP) is -3.04. The summed E-state index contributed by atoms with van der Waals surface area (Å²) < 4.78 is 4.11. The fraction of sp³-hybridized carbons (Fsp3) is 0.500.